The molecule has 0 saturated heterocycles. The Bertz CT molecular complexity index is 521. The predicted molar refractivity (Wildman–Crippen MR) is 63.3 cm³/mol. The van der Waals surface area contributed by atoms with Gasteiger partial charge in [-0.15, -0.1) is 0 Å². The van der Waals surface area contributed by atoms with Crippen molar-refractivity contribution in [3.05, 3.63) is 64.2 Å². The molecule has 0 N–H and O–H groups in total. The number of benzene rings is 2. The van der Waals surface area contributed by atoms with Crippen LogP contribution in [-0.2, 0) is 0 Å². The van der Waals surface area contributed by atoms with Crippen molar-refractivity contribution in [1.29, 1.82) is 0 Å². The third-order valence-electron chi connectivity index (χ3n) is 2.50. The number of hydrogen-bond acceptors (Lipinski definition) is 2. The van der Waals surface area contributed by atoms with E-state index in [-0.39, 0.29) is 10.6 Å². The maximum absolute atomic E-state index is 10.7. The third kappa shape index (κ3) is 1.93. The molecule has 16 heavy (non-hydrogen) atoms. The lowest BCUT2D eigenvalue weighted by Gasteiger charge is -2.03. The summed E-state index contributed by atoms with van der Waals surface area (Å²) in [6, 6.07) is 15.0. The second-order valence-electron chi connectivity index (χ2n) is 3.62. The zero-order chi connectivity index (χ0) is 11.5. The van der Waals surface area contributed by atoms with E-state index < -0.39 is 0 Å². The van der Waals surface area contributed by atoms with Crippen LogP contribution >= 0.6 is 0 Å². The van der Waals surface area contributed by atoms with Crippen LogP contribution in [0.2, 0.25) is 0 Å². The molecule has 0 fully saturated rings. The number of nitrogens with zero attached hydrogens (tertiary/aromatic N) is 1. The molecule has 0 aromatic heterocycles. The maximum atomic E-state index is 10.7. The summed E-state index contributed by atoms with van der Waals surface area (Å²) in [5.41, 5.74) is 2.93. The molecule has 0 bridgehead atoms. The molecular weight excluding hydrogens is 202 g/mol. The fraction of sp³-hybridized carbons (Fsp3) is 0.0769. The number of nitro groups is 1. The Morgan fingerprint density at radius 3 is 2.25 bits per heavy atom. The predicted octanol–water partition coefficient (Wildman–Crippen LogP) is 3.57. The van der Waals surface area contributed by atoms with Crippen molar-refractivity contribution in [2.75, 3.05) is 0 Å². The molecule has 3 nitrogen and oxygen atoms in total. The largest absolute Gasteiger partial charge is 0.272 e. The van der Waals surface area contributed by atoms with Crippen LogP contribution in [0.15, 0.2) is 48.5 Å². The molecule has 0 heterocycles. The van der Waals surface area contributed by atoms with E-state index in [1.807, 2.05) is 36.4 Å². The minimum absolute atomic E-state index is 0.166. The van der Waals surface area contributed by atoms with Gasteiger partial charge in [-0.1, -0.05) is 30.3 Å². The van der Waals surface area contributed by atoms with Crippen molar-refractivity contribution in [2.45, 2.75) is 6.92 Å². The second kappa shape index (κ2) is 4.14. The molecule has 0 aliphatic rings. The molecule has 2 aromatic rings. The first-order chi connectivity index (χ1) is 7.68. The van der Waals surface area contributed by atoms with Gasteiger partial charge in [-0.3, -0.25) is 10.1 Å². The summed E-state index contributed by atoms with van der Waals surface area (Å²) in [6.07, 6.45) is 0. The Hall–Kier alpha value is -2.16. The minimum Gasteiger partial charge on any atom is -0.258 e. The maximum Gasteiger partial charge on any atom is 0.272 e. The van der Waals surface area contributed by atoms with E-state index in [0.717, 1.165) is 11.1 Å². The zero-order valence-electron chi connectivity index (χ0n) is 8.88. The van der Waals surface area contributed by atoms with Gasteiger partial charge in [0.15, 0.2) is 0 Å². The highest BCUT2D eigenvalue weighted by molar-refractivity contribution is 5.66. The average Bonchev–Trinajstić information content (AvgIpc) is 2.29. The molecule has 0 aliphatic carbocycles. The summed E-state index contributed by atoms with van der Waals surface area (Å²) in [7, 11) is 0. The first-order valence-corrected chi connectivity index (χ1v) is 4.99. The van der Waals surface area contributed by atoms with Gasteiger partial charge in [0.05, 0.1) is 4.92 Å². The summed E-state index contributed by atoms with van der Waals surface area (Å²) in [4.78, 5) is 10.3. The zero-order valence-corrected chi connectivity index (χ0v) is 8.88. The van der Waals surface area contributed by atoms with Gasteiger partial charge in [0.25, 0.3) is 5.69 Å². The molecule has 3 heteroatoms. The Morgan fingerprint density at radius 1 is 1.00 bits per heavy atom. The second-order valence-corrected chi connectivity index (χ2v) is 3.62. The van der Waals surface area contributed by atoms with E-state index in [1.165, 1.54) is 0 Å². The lowest BCUT2D eigenvalue weighted by atomic mass is 10.0. The number of hydrogen-bond donors (Lipinski definition) is 0. The third-order valence-corrected chi connectivity index (χ3v) is 2.50. The number of nitro benzene ring substituents is 1. The lowest BCUT2D eigenvalue weighted by molar-refractivity contribution is -0.385. The van der Waals surface area contributed by atoms with Crippen LogP contribution < -0.4 is 0 Å². The van der Waals surface area contributed by atoms with Crippen LogP contribution in [-0.4, -0.2) is 4.92 Å². The molecule has 0 aliphatic heterocycles. The monoisotopic (exact) mass is 213 g/mol. The van der Waals surface area contributed by atoms with Gasteiger partial charge >= 0.3 is 0 Å². The first-order valence-electron chi connectivity index (χ1n) is 4.99. The Labute approximate surface area is 93.5 Å². The van der Waals surface area contributed by atoms with Gasteiger partial charge in [-0.25, -0.2) is 0 Å². The average molecular weight is 213 g/mol. The van der Waals surface area contributed by atoms with Crippen LogP contribution in [0, 0.1) is 17.0 Å². The van der Waals surface area contributed by atoms with Gasteiger partial charge in [0.2, 0.25) is 0 Å². The van der Waals surface area contributed by atoms with Crippen molar-refractivity contribution in [3.63, 3.8) is 0 Å². The minimum atomic E-state index is -0.357. The van der Waals surface area contributed by atoms with Crippen molar-refractivity contribution in [2.24, 2.45) is 0 Å². The highest BCUT2D eigenvalue weighted by Crippen LogP contribution is 2.25. The van der Waals surface area contributed by atoms with E-state index in [4.69, 9.17) is 0 Å². The molecule has 0 radical (unpaired) electrons. The molecule has 0 unspecified atom stereocenters. The smallest absolute Gasteiger partial charge is 0.258 e. The normalized spacial score (nSPS) is 10.1. The highest BCUT2D eigenvalue weighted by Gasteiger charge is 2.10. The van der Waals surface area contributed by atoms with E-state index in [1.54, 1.807) is 19.1 Å². The molecule has 0 spiro atoms. The van der Waals surface area contributed by atoms with Crippen LogP contribution in [0.25, 0.3) is 11.1 Å². The fourth-order valence-corrected chi connectivity index (χ4v) is 1.67. The van der Waals surface area contributed by atoms with Gasteiger partial charge in [0, 0.05) is 11.6 Å². The van der Waals surface area contributed by atoms with Crippen LogP contribution in [0.3, 0.4) is 0 Å². The fourth-order valence-electron chi connectivity index (χ4n) is 1.67. The molecule has 0 atom stereocenters. The van der Waals surface area contributed by atoms with Crippen molar-refractivity contribution in [1.82, 2.24) is 0 Å². The van der Waals surface area contributed by atoms with Crippen LogP contribution in [0.1, 0.15) is 5.56 Å². The van der Waals surface area contributed by atoms with Crippen molar-refractivity contribution >= 4 is 5.69 Å². The SMILES string of the molecule is Cc1cc(-c2ccccc2)ccc1[N+](=O)[O-]. The van der Waals surface area contributed by atoms with E-state index >= 15 is 0 Å². The number of rotatable bonds is 2. The van der Waals surface area contributed by atoms with Crippen molar-refractivity contribution < 1.29 is 4.92 Å². The Morgan fingerprint density at radius 2 is 1.69 bits per heavy atom. The summed E-state index contributed by atoms with van der Waals surface area (Å²) in [5.74, 6) is 0. The van der Waals surface area contributed by atoms with Crippen LogP contribution in [0.5, 0.6) is 0 Å². The molecular formula is C13H11NO2. The standard InChI is InChI=1S/C13H11NO2/c1-10-9-12(7-8-13(10)14(15)16)11-5-3-2-4-6-11/h2-9H,1H3. The van der Waals surface area contributed by atoms with E-state index in [0.29, 0.717) is 5.56 Å². The summed E-state index contributed by atoms with van der Waals surface area (Å²) < 4.78 is 0. The summed E-state index contributed by atoms with van der Waals surface area (Å²) in [5, 5.41) is 10.7. The lowest BCUT2D eigenvalue weighted by Crippen LogP contribution is -1.91. The topological polar surface area (TPSA) is 43.1 Å². The summed E-state index contributed by atoms with van der Waals surface area (Å²) >= 11 is 0. The van der Waals surface area contributed by atoms with Gasteiger partial charge in [0.1, 0.15) is 0 Å². The molecule has 80 valence electrons. The quantitative estimate of drug-likeness (QED) is 0.565. The van der Waals surface area contributed by atoms with Gasteiger partial charge < -0.3 is 0 Å². The molecule has 2 aromatic carbocycles. The summed E-state index contributed by atoms with van der Waals surface area (Å²) in [6.45, 7) is 1.75. The molecule has 2 rings (SSSR count). The van der Waals surface area contributed by atoms with Gasteiger partial charge in [-0.05, 0) is 30.2 Å². The number of aryl methyl sites for hydroxylation is 1. The van der Waals surface area contributed by atoms with E-state index in [9.17, 15) is 10.1 Å². The first kappa shape index (κ1) is 10.4. The van der Waals surface area contributed by atoms with E-state index in [2.05, 4.69) is 0 Å². The van der Waals surface area contributed by atoms with Crippen molar-refractivity contribution in [3.8, 4) is 11.1 Å². The molecule has 0 saturated carbocycles. The highest BCUT2D eigenvalue weighted by atomic mass is 16.6. The Balaban J connectivity index is 2.46. The Kier molecular flexibility index (Phi) is 2.68. The van der Waals surface area contributed by atoms with Gasteiger partial charge in [-0.2, -0.15) is 0 Å². The molecule has 0 amide bonds. The van der Waals surface area contributed by atoms with Crippen LogP contribution in [0.4, 0.5) is 5.69 Å².